The zero-order chi connectivity index (χ0) is 17.2. The van der Waals surface area contributed by atoms with Gasteiger partial charge in [0.2, 0.25) is 5.91 Å². The minimum atomic E-state index is 0.00159. The molecule has 2 amide bonds. The van der Waals surface area contributed by atoms with Gasteiger partial charge in [-0.05, 0) is 37.6 Å². The smallest absolute Gasteiger partial charge is 0.253 e. The number of benzene rings is 1. The van der Waals surface area contributed by atoms with E-state index in [0.29, 0.717) is 24.2 Å². The van der Waals surface area contributed by atoms with Crippen molar-refractivity contribution < 1.29 is 9.59 Å². The van der Waals surface area contributed by atoms with Gasteiger partial charge in [0, 0.05) is 42.3 Å². The monoisotopic (exact) mass is 349 g/mol. The Hall–Kier alpha value is -1.53. The van der Waals surface area contributed by atoms with E-state index < -0.39 is 0 Å². The lowest BCUT2D eigenvalue weighted by atomic mass is 10.1. The van der Waals surface area contributed by atoms with Gasteiger partial charge in [-0.25, -0.2) is 0 Å². The molecule has 1 aromatic rings. The van der Waals surface area contributed by atoms with Crippen molar-refractivity contribution in [2.24, 2.45) is 5.73 Å². The molecule has 0 atom stereocenters. The number of carbonyl (C=O) groups is 2. The fourth-order valence-electron chi connectivity index (χ4n) is 2.69. The number of rotatable bonds is 8. The first-order valence-corrected chi connectivity index (χ1v) is 9.83. The van der Waals surface area contributed by atoms with Crippen LogP contribution in [0.4, 0.5) is 5.69 Å². The quantitative estimate of drug-likeness (QED) is 0.708. The summed E-state index contributed by atoms with van der Waals surface area (Å²) in [4.78, 5) is 26.4. The Kier molecular flexibility index (Phi) is 8.12. The average molecular weight is 350 g/mol. The number of unbranched alkanes of at least 4 members (excludes halogenated alkanes) is 3. The zero-order valence-electron chi connectivity index (χ0n) is 14.1. The van der Waals surface area contributed by atoms with Gasteiger partial charge in [-0.1, -0.05) is 18.9 Å². The highest BCUT2D eigenvalue weighted by atomic mass is 32.2. The van der Waals surface area contributed by atoms with Crippen LogP contribution in [0.25, 0.3) is 0 Å². The molecule has 0 saturated carbocycles. The highest BCUT2D eigenvalue weighted by Gasteiger charge is 2.18. The Balaban J connectivity index is 1.83. The Morgan fingerprint density at radius 3 is 2.62 bits per heavy atom. The van der Waals surface area contributed by atoms with Crippen LogP contribution in [0, 0.1) is 0 Å². The lowest BCUT2D eigenvalue weighted by Gasteiger charge is -2.26. The number of anilines is 1. The van der Waals surface area contributed by atoms with Crippen LogP contribution >= 0.6 is 11.8 Å². The first kappa shape index (κ1) is 18.8. The fraction of sp³-hybridized carbons (Fsp3) is 0.556. The summed E-state index contributed by atoms with van der Waals surface area (Å²) in [6.07, 6.45) is 4.49. The Morgan fingerprint density at radius 2 is 1.88 bits per heavy atom. The summed E-state index contributed by atoms with van der Waals surface area (Å²) < 4.78 is 0. The van der Waals surface area contributed by atoms with Gasteiger partial charge >= 0.3 is 0 Å². The van der Waals surface area contributed by atoms with Crippen molar-refractivity contribution in [1.82, 2.24) is 4.90 Å². The molecule has 5 nitrogen and oxygen atoms in total. The standard InChI is InChI=1S/C18H27N3O2S/c19-9-4-2-1-3-8-17(22)20-16-7-5-6-15(14-16)18(23)21-10-12-24-13-11-21/h5-7,14H,1-4,8-13,19H2,(H,20,22). The van der Waals surface area contributed by atoms with Crippen LogP contribution in [0.5, 0.6) is 0 Å². The molecule has 1 aromatic carbocycles. The topological polar surface area (TPSA) is 75.4 Å². The van der Waals surface area contributed by atoms with Crippen molar-refractivity contribution in [3.8, 4) is 0 Å². The van der Waals surface area contributed by atoms with Gasteiger partial charge in [0.05, 0.1) is 0 Å². The largest absolute Gasteiger partial charge is 0.337 e. The van der Waals surface area contributed by atoms with Crippen LogP contribution in [-0.2, 0) is 4.79 Å². The second-order valence-corrected chi connectivity index (χ2v) is 7.21. The molecule has 1 heterocycles. The van der Waals surface area contributed by atoms with Gasteiger partial charge in [-0.3, -0.25) is 9.59 Å². The van der Waals surface area contributed by atoms with E-state index in [0.717, 1.165) is 50.3 Å². The average Bonchev–Trinajstić information content (AvgIpc) is 2.62. The maximum atomic E-state index is 12.5. The second kappa shape index (κ2) is 10.4. The third kappa shape index (κ3) is 6.17. The van der Waals surface area contributed by atoms with E-state index in [1.54, 1.807) is 6.07 Å². The molecule has 1 aliphatic heterocycles. The van der Waals surface area contributed by atoms with E-state index in [1.807, 2.05) is 34.9 Å². The number of nitrogens with two attached hydrogens (primary N) is 1. The number of hydrogen-bond acceptors (Lipinski definition) is 4. The number of amides is 2. The summed E-state index contributed by atoms with van der Waals surface area (Å²) in [5.41, 5.74) is 6.79. The predicted molar refractivity (Wildman–Crippen MR) is 100 cm³/mol. The molecule has 0 aromatic heterocycles. The highest BCUT2D eigenvalue weighted by Crippen LogP contribution is 2.16. The molecule has 3 N–H and O–H groups in total. The van der Waals surface area contributed by atoms with E-state index in [9.17, 15) is 9.59 Å². The fourth-order valence-corrected chi connectivity index (χ4v) is 3.59. The molecule has 1 saturated heterocycles. The van der Waals surface area contributed by atoms with Gasteiger partial charge in [-0.15, -0.1) is 0 Å². The summed E-state index contributed by atoms with van der Waals surface area (Å²) in [6, 6.07) is 7.24. The van der Waals surface area contributed by atoms with Crippen LogP contribution in [0.2, 0.25) is 0 Å². The van der Waals surface area contributed by atoms with Crippen LogP contribution in [0.3, 0.4) is 0 Å². The summed E-state index contributed by atoms with van der Waals surface area (Å²) in [5.74, 6) is 2.04. The minimum Gasteiger partial charge on any atom is -0.337 e. The van der Waals surface area contributed by atoms with Gasteiger partial charge in [0.25, 0.3) is 5.91 Å². The number of nitrogens with zero attached hydrogens (tertiary/aromatic N) is 1. The minimum absolute atomic E-state index is 0.00159. The Labute approximate surface area is 148 Å². The maximum absolute atomic E-state index is 12.5. The van der Waals surface area contributed by atoms with E-state index in [4.69, 9.17) is 5.73 Å². The van der Waals surface area contributed by atoms with Crippen LogP contribution in [-0.4, -0.2) is 47.9 Å². The van der Waals surface area contributed by atoms with Crippen molar-refractivity contribution >= 4 is 29.3 Å². The number of hydrogen-bond donors (Lipinski definition) is 2. The molecule has 0 bridgehead atoms. The molecule has 2 rings (SSSR count). The van der Waals surface area contributed by atoms with Gasteiger partial charge in [-0.2, -0.15) is 11.8 Å². The van der Waals surface area contributed by atoms with Crippen molar-refractivity contribution in [2.75, 3.05) is 36.5 Å². The van der Waals surface area contributed by atoms with E-state index in [1.165, 1.54) is 0 Å². The van der Waals surface area contributed by atoms with Crippen molar-refractivity contribution in [3.05, 3.63) is 29.8 Å². The predicted octanol–water partition coefficient (Wildman–Crippen LogP) is 2.72. The SMILES string of the molecule is NCCCCCCC(=O)Nc1cccc(C(=O)N2CCSCC2)c1. The summed E-state index contributed by atoms with van der Waals surface area (Å²) in [5, 5.41) is 2.89. The molecule has 132 valence electrons. The van der Waals surface area contributed by atoms with Crippen molar-refractivity contribution in [1.29, 1.82) is 0 Å². The van der Waals surface area contributed by atoms with Crippen LogP contribution in [0.15, 0.2) is 24.3 Å². The lowest BCUT2D eigenvalue weighted by molar-refractivity contribution is -0.116. The number of thioether (sulfide) groups is 1. The molecule has 1 aliphatic rings. The first-order valence-electron chi connectivity index (χ1n) is 8.67. The molecule has 24 heavy (non-hydrogen) atoms. The lowest BCUT2D eigenvalue weighted by Crippen LogP contribution is -2.37. The number of nitrogens with one attached hydrogen (secondary N) is 1. The zero-order valence-corrected chi connectivity index (χ0v) is 14.9. The summed E-state index contributed by atoms with van der Waals surface area (Å²) in [6.45, 7) is 2.30. The van der Waals surface area contributed by atoms with E-state index in [-0.39, 0.29) is 11.8 Å². The van der Waals surface area contributed by atoms with Gasteiger partial charge < -0.3 is 16.0 Å². The maximum Gasteiger partial charge on any atom is 0.253 e. The van der Waals surface area contributed by atoms with Crippen LogP contribution < -0.4 is 11.1 Å². The van der Waals surface area contributed by atoms with Crippen molar-refractivity contribution in [3.63, 3.8) is 0 Å². The van der Waals surface area contributed by atoms with Gasteiger partial charge in [0.1, 0.15) is 0 Å². The second-order valence-electron chi connectivity index (χ2n) is 5.99. The van der Waals surface area contributed by atoms with E-state index >= 15 is 0 Å². The third-order valence-electron chi connectivity index (χ3n) is 4.05. The highest BCUT2D eigenvalue weighted by molar-refractivity contribution is 7.99. The van der Waals surface area contributed by atoms with Gasteiger partial charge in [0.15, 0.2) is 0 Å². The third-order valence-corrected chi connectivity index (χ3v) is 4.99. The molecule has 0 aliphatic carbocycles. The number of carbonyl (C=O) groups excluding carboxylic acids is 2. The first-order chi connectivity index (χ1) is 11.7. The molecular formula is C18H27N3O2S. The normalized spacial score (nSPS) is 14.5. The summed E-state index contributed by atoms with van der Waals surface area (Å²) >= 11 is 1.88. The molecule has 0 radical (unpaired) electrons. The molecule has 6 heteroatoms. The summed E-state index contributed by atoms with van der Waals surface area (Å²) in [7, 11) is 0. The van der Waals surface area contributed by atoms with E-state index in [2.05, 4.69) is 5.32 Å². The Morgan fingerprint density at radius 1 is 1.12 bits per heavy atom. The van der Waals surface area contributed by atoms with Crippen LogP contribution in [0.1, 0.15) is 42.5 Å². The molecule has 0 unspecified atom stereocenters. The molecule has 1 fully saturated rings. The van der Waals surface area contributed by atoms with Crippen molar-refractivity contribution in [2.45, 2.75) is 32.1 Å². The molecular weight excluding hydrogens is 322 g/mol. The molecule has 0 spiro atoms. The Bertz CT molecular complexity index is 545.